The summed E-state index contributed by atoms with van der Waals surface area (Å²) >= 11 is 0. The van der Waals surface area contributed by atoms with E-state index in [4.69, 9.17) is 0 Å². The van der Waals surface area contributed by atoms with Crippen molar-refractivity contribution >= 4 is 0 Å². The van der Waals surface area contributed by atoms with Crippen LogP contribution in [0.3, 0.4) is 0 Å². The van der Waals surface area contributed by atoms with E-state index in [0.717, 1.165) is 25.0 Å². The highest BCUT2D eigenvalue weighted by Gasteiger charge is 2.31. The van der Waals surface area contributed by atoms with Crippen molar-refractivity contribution < 1.29 is 18.3 Å². The van der Waals surface area contributed by atoms with Gasteiger partial charge in [0.05, 0.1) is 11.7 Å². The van der Waals surface area contributed by atoms with Gasteiger partial charge in [0.25, 0.3) is 0 Å². The Morgan fingerprint density at radius 3 is 2.52 bits per heavy atom. The Kier molecular flexibility index (Phi) is 5.27. The van der Waals surface area contributed by atoms with Gasteiger partial charge in [0.1, 0.15) is 0 Å². The van der Waals surface area contributed by atoms with Crippen LogP contribution in [0.5, 0.6) is 0 Å². The predicted molar refractivity (Wildman–Crippen MR) is 75.9 cm³/mol. The number of hydrogen-bond donors (Lipinski definition) is 1. The molecule has 5 heteroatoms. The molecule has 1 aromatic rings. The topological polar surface area (TPSA) is 23.5 Å². The smallest absolute Gasteiger partial charge is 0.387 e. The summed E-state index contributed by atoms with van der Waals surface area (Å²) in [5.74, 6) is 0. The lowest BCUT2D eigenvalue weighted by molar-refractivity contribution is -0.137. The van der Waals surface area contributed by atoms with Gasteiger partial charge in [-0.15, -0.1) is 0 Å². The third-order valence-corrected chi connectivity index (χ3v) is 4.26. The summed E-state index contributed by atoms with van der Waals surface area (Å²) in [6.45, 7) is 0.367. The summed E-state index contributed by atoms with van der Waals surface area (Å²) in [6.07, 6.45) is 0.575. The van der Waals surface area contributed by atoms with Gasteiger partial charge in [0, 0.05) is 12.6 Å². The highest BCUT2D eigenvalue weighted by molar-refractivity contribution is 5.27. The second-order valence-corrected chi connectivity index (χ2v) is 5.87. The fraction of sp³-hybridized carbons (Fsp3) is 0.625. The number of rotatable bonds is 4. The molecule has 0 amide bonds. The number of nitrogens with zero attached hydrogens (tertiary/aromatic N) is 1. The van der Waals surface area contributed by atoms with Crippen molar-refractivity contribution in [3.63, 3.8) is 0 Å². The average molecular weight is 301 g/mol. The molecule has 0 aliphatic heterocycles. The first-order valence-corrected chi connectivity index (χ1v) is 7.43. The maximum absolute atomic E-state index is 12.7. The van der Waals surface area contributed by atoms with Gasteiger partial charge in [0.2, 0.25) is 0 Å². The molecule has 0 aromatic heterocycles. The van der Waals surface area contributed by atoms with Crippen LogP contribution in [0.4, 0.5) is 13.2 Å². The van der Waals surface area contributed by atoms with Crippen LogP contribution in [0.25, 0.3) is 0 Å². The summed E-state index contributed by atoms with van der Waals surface area (Å²) in [7, 11) is 1.94. The van der Waals surface area contributed by atoms with E-state index in [1.165, 1.54) is 25.3 Å². The highest BCUT2D eigenvalue weighted by Crippen LogP contribution is 2.31. The first-order valence-electron chi connectivity index (χ1n) is 7.43. The van der Waals surface area contributed by atoms with E-state index in [9.17, 15) is 18.3 Å². The number of likely N-dealkylation sites (N-methyl/N-ethyl adjacent to an activating group) is 1. The Hall–Kier alpha value is -1.07. The monoisotopic (exact) mass is 301 g/mol. The molecular weight excluding hydrogens is 279 g/mol. The molecule has 2 nitrogen and oxygen atoms in total. The lowest BCUT2D eigenvalue weighted by Gasteiger charge is -2.32. The molecule has 0 saturated heterocycles. The minimum absolute atomic E-state index is 0.326. The fourth-order valence-corrected chi connectivity index (χ4v) is 2.97. The van der Waals surface area contributed by atoms with E-state index >= 15 is 0 Å². The Labute approximate surface area is 123 Å². The van der Waals surface area contributed by atoms with Crippen LogP contribution in [-0.4, -0.2) is 29.6 Å². The normalized spacial score (nSPS) is 19.0. The van der Waals surface area contributed by atoms with E-state index in [-0.39, 0.29) is 0 Å². The van der Waals surface area contributed by atoms with Crippen LogP contribution in [0.1, 0.15) is 49.3 Å². The minimum atomic E-state index is -4.37. The van der Waals surface area contributed by atoms with Crippen LogP contribution < -0.4 is 0 Å². The molecule has 2 rings (SSSR count). The van der Waals surface area contributed by atoms with Gasteiger partial charge in [0.15, 0.2) is 0 Å². The second-order valence-electron chi connectivity index (χ2n) is 5.87. The van der Waals surface area contributed by atoms with E-state index in [2.05, 4.69) is 4.90 Å². The lowest BCUT2D eigenvalue weighted by Crippen LogP contribution is -2.36. The first-order chi connectivity index (χ1) is 9.88. The van der Waals surface area contributed by atoms with Gasteiger partial charge in [-0.05, 0) is 37.6 Å². The van der Waals surface area contributed by atoms with Gasteiger partial charge in [-0.25, -0.2) is 0 Å². The molecule has 0 bridgehead atoms. The largest absolute Gasteiger partial charge is 0.416 e. The third-order valence-electron chi connectivity index (χ3n) is 4.26. The molecule has 1 aliphatic carbocycles. The number of hydrogen-bond acceptors (Lipinski definition) is 2. The summed E-state index contributed by atoms with van der Waals surface area (Å²) in [5.41, 5.74) is -0.383. The van der Waals surface area contributed by atoms with Crippen molar-refractivity contribution in [3.05, 3.63) is 35.4 Å². The Morgan fingerprint density at radius 2 is 1.90 bits per heavy atom. The van der Waals surface area contributed by atoms with Crippen molar-refractivity contribution in [2.24, 2.45) is 0 Å². The summed E-state index contributed by atoms with van der Waals surface area (Å²) in [5, 5.41) is 10.2. The zero-order valence-corrected chi connectivity index (χ0v) is 12.2. The predicted octanol–water partition coefficient (Wildman–Crippen LogP) is 4.00. The number of aliphatic hydroxyl groups excluding tert-OH is 1. The van der Waals surface area contributed by atoms with Crippen molar-refractivity contribution in [3.8, 4) is 0 Å². The maximum Gasteiger partial charge on any atom is 0.416 e. The Balaban J connectivity index is 2.01. The first kappa shape index (κ1) is 16.3. The Bertz CT molecular complexity index is 455. The zero-order chi connectivity index (χ0) is 15.5. The maximum atomic E-state index is 12.7. The molecule has 0 spiro atoms. The molecule has 1 aromatic carbocycles. The molecule has 1 N–H and O–H groups in total. The molecule has 118 valence electrons. The molecular formula is C16H22F3NO. The summed E-state index contributed by atoms with van der Waals surface area (Å²) in [4.78, 5) is 2.07. The van der Waals surface area contributed by atoms with Crippen LogP contribution in [0.2, 0.25) is 0 Å². The van der Waals surface area contributed by atoms with Gasteiger partial charge < -0.3 is 10.0 Å². The fourth-order valence-electron chi connectivity index (χ4n) is 2.97. The molecule has 21 heavy (non-hydrogen) atoms. The van der Waals surface area contributed by atoms with Crippen LogP contribution >= 0.6 is 0 Å². The second kappa shape index (κ2) is 6.79. The average Bonchev–Trinajstić information content (AvgIpc) is 2.47. The number of aliphatic hydroxyl groups is 1. The molecule has 1 atom stereocenters. The van der Waals surface area contributed by atoms with Gasteiger partial charge in [-0.2, -0.15) is 13.2 Å². The van der Waals surface area contributed by atoms with Gasteiger partial charge in [-0.1, -0.05) is 31.4 Å². The number of halogens is 3. The van der Waals surface area contributed by atoms with E-state index < -0.39 is 17.8 Å². The number of benzene rings is 1. The van der Waals surface area contributed by atoms with Crippen molar-refractivity contribution in [1.82, 2.24) is 4.90 Å². The third kappa shape index (κ3) is 4.45. The highest BCUT2D eigenvalue weighted by atomic mass is 19.4. The van der Waals surface area contributed by atoms with Gasteiger partial charge in [-0.3, -0.25) is 0 Å². The van der Waals surface area contributed by atoms with Crippen LogP contribution in [-0.2, 0) is 6.18 Å². The van der Waals surface area contributed by atoms with E-state index in [0.29, 0.717) is 18.2 Å². The van der Waals surface area contributed by atoms with Crippen molar-refractivity contribution in [1.29, 1.82) is 0 Å². The number of alkyl halides is 3. The SMILES string of the molecule is CN(CC(O)c1cccc(C(F)(F)F)c1)C1CCCCC1. The quantitative estimate of drug-likeness (QED) is 0.908. The molecule has 1 aliphatic rings. The molecule has 1 unspecified atom stereocenters. The van der Waals surface area contributed by atoms with Crippen LogP contribution in [0, 0.1) is 0 Å². The zero-order valence-electron chi connectivity index (χ0n) is 12.2. The molecule has 0 radical (unpaired) electrons. The van der Waals surface area contributed by atoms with E-state index in [1.54, 1.807) is 6.07 Å². The standard InChI is InChI=1S/C16H22F3NO/c1-20(14-8-3-2-4-9-14)11-15(21)12-6-5-7-13(10-12)16(17,18)19/h5-7,10,14-15,21H,2-4,8-9,11H2,1H3. The Morgan fingerprint density at radius 1 is 1.24 bits per heavy atom. The van der Waals surface area contributed by atoms with Crippen molar-refractivity contribution in [2.75, 3.05) is 13.6 Å². The van der Waals surface area contributed by atoms with E-state index in [1.807, 2.05) is 7.05 Å². The molecule has 1 fully saturated rings. The molecule has 1 saturated carbocycles. The minimum Gasteiger partial charge on any atom is -0.387 e. The molecule has 0 heterocycles. The lowest BCUT2D eigenvalue weighted by atomic mass is 9.94. The summed E-state index contributed by atoms with van der Waals surface area (Å²) < 4.78 is 38.1. The summed E-state index contributed by atoms with van der Waals surface area (Å²) in [6, 6.07) is 5.40. The van der Waals surface area contributed by atoms with Gasteiger partial charge >= 0.3 is 6.18 Å². The van der Waals surface area contributed by atoms with Crippen LogP contribution in [0.15, 0.2) is 24.3 Å². The van der Waals surface area contributed by atoms with Crippen molar-refractivity contribution in [2.45, 2.75) is 50.4 Å².